The van der Waals surface area contributed by atoms with Crippen LogP contribution in [-0.2, 0) is 4.79 Å². The molecule has 2 unspecified atom stereocenters. The van der Waals surface area contributed by atoms with E-state index in [-0.39, 0.29) is 12.8 Å². The van der Waals surface area contributed by atoms with E-state index in [9.17, 15) is 18.0 Å². The second-order valence-corrected chi connectivity index (χ2v) is 3.10. The Balaban J connectivity index is 2.92. The molecule has 0 amide bonds. The molecule has 1 heterocycles. The minimum atomic E-state index is -3.30. The molecule has 2 atom stereocenters. The molecule has 6 heteroatoms. The standard InChI is InChI=1S/C8H10F3NO2/c9-5(6(10)11)8(7(13)14)3-1-2-4-12-8/h2,4-6,12H,1,3H2,(H,13,14). The van der Waals surface area contributed by atoms with Crippen molar-refractivity contribution < 1.29 is 23.1 Å². The monoisotopic (exact) mass is 209 g/mol. The second kappa shape index (κ2) is 3.89. The molecular weight excluding hydrogens is 199 g/mol. The topological polar surface area (TPSA) is 49.3 Å². The molecule has 80 valence electrons. The minimum Gasteiger partial charge on any atom is -0.479 e. The van der Waals surface area contributed by atoms with Crippen LogP contribution in [-0.4, -0.2) is 29.2 Å². The van der Waals surface area contributed by atoms with Crippen LogP contribution < -0.4 is 5.32 Å². The smallest absolute Gasteiger partial charge is 0.332 e. The van der Waals surface area contributed by atoms with Crippen molar-refractivity contribution in [2.75, 3.05) is 0 Å². The Morgan fingerprint density at radius 2 is 2.14 bits per heavy atom. The van der Waals surface area contributed by atoms with Crippen molar-refractivity contribution in [3.63, 3.8) is 0 Å². The first kappa shape index (κ1) is 10.9. The van der Waals surface area contributed by atoms with E-state index in [0.717, 1.165) is 0 Å². The lowest BCUT2D eigenvalue weighted by atomic mass is 9.86. The summed E-state index contributed by atoms with van der Waals surface area (Å²) in [7, 11) is 0. The quantitative estimate of drug-likeness (QED) is 0.736. The van der Waals surface area contributed by atoms with Gasteiger partial charge in [0.1, 0.15) is 0 Å². The maximum atomic E-state index is 13.1. The number of hydrogen-bond acceptors (Lipinski definition) is 2. The number of hydrogen-bond donors (Lipinski definition) is 2. The Kier molecular flexibility index (Phi) is 3.03. The Labute approximate surface area is 78.6 Å². The summed E-state index contributed by atoms with van der Waals surface area (Å²) < 4.78 is 37.3. The van der Waals surface area contributed by atoms with Gasteiger partial charge in [0.25, 0.3) is 6.43 Å². The average Bonchev–Trinajstić information content (AvgIpc) is 2.17. The van der Waals surface area contributed by atoms with Crippen LogP contribution in [0, 0.1) is 0 Å². The van der Waals surface area contributed by atoms with E-state index in [1.54, 1.807) is 6.08 Å². The lowest BCUT2D eigenvalue weighted by Gasteiger charge is -2.34. The van der Waals surface area contributed by atoms with Crippen LogP contribution in [0.3, 0.4) is 0 Å². The predicted molar refractivity (Wildman–Crippen MR) is 42.8 cm³/mol. The number of nitrogens with one attached hydrogen (secondary N) is 1. The van der Waals surface area contributed by atoms with E-state index >= 15 is 0 Å². The number of carboxylic acids is 1. The molecule has 0 bridgehead atoms. The second-order valence-electron chi connectivity index (χ2n) is 3.10. The van der Waals surface area contributed by atoms with Gasteiger partial charge in [0.2, 0.25) is 0 Å². The van der Waals surface area contributed by atoms with E-state index in [2.05, 4.69) is 5.32 Å². The summed E-state index contributed by atoms with van der Waals surface area (Å²) in [5, 5.41) is 10.9. The summed E-state index contributed by atoms with van der Waals surface area (Å²) in [4.78, 5) is 10.8. The maximum Gasteiger partial charge on any atom is 0.332 e. The Bertz CT molecular complexity index is 257. The molecule has 0 spiro atoms. The van der Waals surface area contributed by atoms with Gasteiger partial charge >= 0.3 is 5.97 Å². The number of rotatable bonds is 3. The number of alkyl halides is 3. The molecule has 1 rings (SSSR count). The van der Waals surface area contributed by atoms with Crippen LogP contribution in [0.2, 0.25) is 0 Å². The third-order valence-corrected chi connectivity index (χ3v) is 2.24. The van der Waals surface area contributed by atoms with Crippen LogP contribution >= 0.6 is 0 Å². The SMILES string of the molecule is O=C(O)C1(C(F)C(F)F)CCC=CN1. The highest BCUT2D eigenvalue weighted by Gasteiger charge is 2.50. The van der Waals surface area contributed by atoms with Gasteiger partial charge in [-0.2, -0.15) is 0 Å². The average molecular weight is 209 g/mol. The molecule has 0 saturated heterocycles. The minimum absolute atomic E-state index is 0.176. The van der Waals surface area contributed by atoms with Crippen LogP contribution in [0.25, 0.3) is 0 Å². The fourth-order valence-corrected chi connectivity index (χ4v) is 1.39. The lowest BCUT2D eigenvalue weighted by Crippen LogP contribution is -2.60. The highest BCUT2D eigenvalue weighted by Crippen LogP contribution is 2.28. The van der Waals surface area contributed by atoms with Crippen LogP contribution in [0.5, 0.6) is 0 Å². The first-order valence-electron chi connectivity index (χ1n) is 4.09. The highest BCUT2D eigenvalue weighted by molar-refractivity contribution is 5.80. The number of halogens is 3. The zero-order chi connectivity index (χ0) is 10.8. The molecule has 14 heavy (non-hydrogen) atoms. The summed E-state index contributed by atoms with van der Waals surface area (Å²) in [5.74, 6) is -1.59. The number of aliphatic carboxylic acids is 1. The molecule has 0 fully saturated rings. The molecule has 2 N–H and O–H groups in total. The first-order valence-corrected chi connectivity index (χ1v) is 4.09. The highest BCUT2D eigenvalue weighted by atomic mass is 19.3. The van der Waals surface area contributed by atoms with Gasteiger partial charge in [-0.1, -0.05) is 6.08 Å². The lowest BCUT2D eigenvalue weighted by molar-refractivity contribution is -0.152. The van der Waals surface area contributed by atoms with E-state index in [1.807, 2.05) is 0 Å². The van der Waals surface area contributed by atoms with Crippen LogP contribution in [0.1, 0.15) is 12.8 Å². The fourth-order valence-electron chi connectivity index (χ4n) is 1.39. The van der Waals surface area contributed by atoms with Gasteiger partial charge < -0.3 is 10.4 Å². The molecule has 0 radical (unpaired) electrons. The summed E-state index contributed by atoms with van der Waals surface area (Å²) in [6.07, 6.45) is -3.14. The van der Waals surface area contributed by atoms with Crippen LogP contribution in [0.15, 0.2) is 12.3 Å². The third kappa shape index (κ3) is 1.69. The number of carboxylic acid groups (broad SMARTS) is 1. The van der Waals surface area contributed by atoms with Crippen LogP contribution in [0.4, 0.5) is 13.2 Å². The molecule has 0 aliphatic carbocycles. The van der Waals surface area contributed by atoms with Crippen molar-refractivity contribution >= 4 is 5.97 Å². The molecular formula is C8H10F3NO2. The van der Waals surface area contributed by atoms with Crippen molar-refractivity contribution in [2.45, 2.75) is 31.0 Å². The summed E-state index contributed by atoms with van der Waals surface area (Å²) in [6.45, 7) is 0. The van der Waals surface area contributed by atoms with Crippen molar-refractivity contribution in [2.24, 2.45) is 0 Å². The van der Waals surface area contributed by atoms with Gasteiger partial charge in [-0.15, -0.1) is 0 Å². The van der Waals surface area contributed by atoms with E-state index in [4.69, 9.17) is 5.11 Å². The molecule has 1 aliphatic heterocycles. The summed E-state index contributed by atoms with van der Waals surface area (Å²) in [5.41, 5.74) is -2.18. The first-order chi connectivity index (χ1) is 6.50. The van der Waals surface area contributed by atoms with Gasteiger partial charge in [-0.05, 0) is 19.0 Å². The normalized spacial score (nSPS) is 28.6. The largest absolute Gasteiger partial charge is 0.479 e. The van der Waals surface area contributed by atoms with E-state index in [0.29, 0.717) is 0 Å². The summed E-state index contributed by atoms with van der Waals surface area (Å²) in [6, 6.07) is 0. The molecule has 1 aliphatic rings. The third-order valence-electron chi connectivity index (χ3n) is 2.24. The Hall–Kier alpha value is -1.20. The van der Waals surface area contributed by atoms with Crippen molar-refractivity contribution in [3.8, 4) is 0 Å². The Morgan fingerprint density at radius 3 is 2.50 bits per heavy atom. The fraction of sp³-hybridized carbons (Fsp3) is 0.625. The Morgan fingerprint density at radius 1 is 1.50 bits per heavy atom. The van der Waals surface area contributed by atoms with Gasteiger partial charge in [0, 0.05) is 0 Å². The van der Waals surface area contributed by atoms with Crippen molar-refractivity contribution in [1.29, 1.82) is 0 Å². The van der Waals surface area contributed by atoms with Gasteiger partial charge in [-0.3, -0.25) is 0 Å². The van der Waals surface area contributed by atoms with Gasteiger partial charge in [0.15, 0.2) is 11.7 Å². The molecule has 0 aromatic carbocycles. The predicted octanol–water partition coefficient (Wildman–Crippen LogP) is 1.31. The maximum absolute atomic E-state index is 13.1. The zero-order valence-corrected chi connectivity index (χ0v) is 7.21. The molecule has 0 saturated carbocycles. The van der Waals surface area contributed by atoms with E-state index < -0.39 is 24.1 Å². The number of carbonyl (C=O) groups is 1. The molecule has 0 aromatic heterocycles. The molecule has 0 aromatic rings. The summed E-state index contributed by atoms with van der Waals surface area (Å²) >= 11 is 0. The van der Waals surface area contributed by atoms with Crippen molar-refractivity contribution in [3.05, 3.63) is 12.3 Å². The zero-order valence-electron chi connectivity index (χ0n) is 7.21. The van der Waals surface area contributed by atoms with Crippen molar-refractivity contribution in [1.82, 2.24) is 5.32 Å². The van der Waals surface area contributed by atoms with E-state index in [1.165, 1.54) is 6.20 Å². The number of allylic oxidation sites excluding steroid dienone is 1. The van der Waals surface area contributed by atoms with Gasteiger partial charge in [0.05, 0.1) is 0 Å². The van der Waals surface area contributed by atoms with Gasteiger partial charge in [-0.25, -0.2) is 18.0 Å². The molecule has 3 nitrogen and oxygen atoms in total.